The fraction of sp³-hybridized carbons (Fsp3) is 0.421. The molecule has 1 N–H and O–H groups in total. The van der Waals surface area contributed by atoms with Crippen LogP contribution >= 0.6 is 11.8 Å². The Morgan fingerprint density at radius 2 is 1.92 bits per heavy atom. The predicted octanol–water partition coefficient (Wildman–Crippen LogP) is 1.97. The predicted molar refractivity (Wildman–Crippen MR) is 99.6 cm³/mol. The van der Waals surface area contributed by atoms with Crippen molar-refractivity contribution in [3.8, 4) is 0 Å². The molecule has 2 saturated heterocycles. The molecule has 6 nitrogen and oxygen atoms in total. The molecule has 0 spiro atoms. The first-order valence-corrected chi connectivity index (χ1v) is 9.44. The van der Waals surface area contributed by atoms with E-state index >= 15 is 0 Å². The van der Waals surface area contributed by atoms with E-state index in [1.165, 1.54) is 16.7 Å². The van der Waals surface area contributed by atoms with Gasteiger partial charge in [-0.1, -0.05) is 24.8 Å². The number of carbonyl (C=O) groups excluding carboxylic acids is 3. The Morgan fingerprint density at radius 1 is 1.27 bits per heavy atom. The molecule has 26 heavy (non-hydrogen) atoms. The van der Waals surface area contributed by atoms with Gasteiger partial charge in [-0.05, 0) is 38.5 Å². The molecule has 3 rings (SSSR count). The molecule has 2 aliphatic heterocycles. The number of β-lactam (4-membered cyclic amide) rings is 1. The quantitative estimate of drug-likeness (QED) is 0.497. The first-order chi connectivity index (χ1) is 12.2. The Labute approximate surface area is 157 Å². The van der Waals surface area contributed by atoms with Crippen molar-refractivity contribution < 1.29 is 19.1 Å². The zero-order valence-electron chi connectivity index (χ0n) is 15.0. The van der Waals surface area contributed by atoms with E-state index < -0.39 is 23.7 Å². The Balaban J connectivity index is 1.72. The van der Waals surface area contributed by atoms with Gasteiger partial charge in [-0.25, -0.2) is 4.79 Å². The molecule has 2 amide bonds. The molecule has 0 radical (unpaired) electrons. The van der Waals surface area contributed by atoms with Crippen LogP contribution in [0.2, 0.25) is 0 Å². The molecule has 0 aliphatic carbocycles. The van der Waals surface area contributed by atoms with Crippen molar-refractivity contribution in [1.29, 1.82) is 0 Å². The molecule has 2 fully saturated rings. The second-order valence-electron chi connectivity index (χ2n) is 7.36. The molecule has 2 aliphatic rings. The number of carbonyl (C=O) groups is 3. The van der Waals surface area contributed by atoms with Gasteiger partial charge in [-0.3, -0.25) is 9.59 Å². The minimum Gasteiger partial charge on any atom is -0.458 e. The Hall–Kier alpha value is -2.28. The van der Waals surface area contributed by atoms with Gasteiger partial charge >= 0.3 is 5.97 Å². The first-order valence-electron chi connectivity index (χ1n) is 8.39. The van der Waals surface area contributed by atoms with E-state index in [2.05, 4.69) is 11.9 Å². The summed E-state index contributed by atoms with van der Waals surface area (Å²) >= 11 is 1.49. The zero-order valence-corrected chi connectivity index (χ0v) is 15.8. The van der Waals surface area contributed by atoms with Crippen molar-refractivity contribution in [1.82, 2.24) is 10.2 Å². The van der Waals surface area contributed by atoms with Gasteiger partial charge in [0.1, 0.15) is 17.0 Å². The summed E-state index contributed by atoms with van der Waals surface area (Å²) in [7, 11) is 0. The van der Waals surface area contributed by atoms with E-state index in [-0.39, 0.29) is 17.2 Å². The number of fused-ring (bicyclic) bond motifs is 1. The third-order valence-electron chi connectivity index (χ3n) is 4.14. The minimum atomic E-state index is -0.794. The molecular weight excluding hydrogens is 352 g/mol. The van der Waals surface area contributed by atoms with Crippen LogP contribution in [-0.2, 0) is 14.3 Å². The summed E-state index contributed by atoms with van der Waals surface area (Å²) in [6, 6.07) is 7.29. The van der Waals surface area contributed by atoms with Crippen LogP contribution in [0.4, 0.5) is 0 Å². The van der Waals surface area contributed by atoms with Crippen molar-refractivity contribution in [3.05, 3.63) is 48.0 Å². The van der Waals surface area contributed by atoms with E-state index in [4.69, 9.17) is 4.74 Å². The lowest BCUT2D eigenvalue weighted by Crippen LogP contribution is -2.74. The van der Waals surface area contributed by atoms with Gasteiger partial charge in [0.2, 0.25) is 5.91 Å². The number of benzene rings is 1. The second-order valence-corrected chi connectivity index (χ2v) is 8.46. The smallest absolute Gasteiger partial charge is 0.333 e. The second kappa shape index (κ2) is 6.79. The minimum absolute atomic E-state index is 0.288. The number of nitrogens with zero attached hydrogens (tertiary/aromatic N) is 1. The number of esters is 1. The number of hydrogen-bond acceptors (Lipinski definition) is 5. The molecular formula is C19H22N2O4S. The monoisotopic (exact) mass is 374 g/mol. The lowest BCUT2D eigenvalue weighted by Gasteiger charge is -2.53. The highest BCUT2D eigenvalue weighted by molar-refractivity contribution is 8.00. The average molecular weight is 374 g/mol. The largest absolute Gasteiger partial charge is 0.458 e. The van der Waals surface area contributed by atoms with Crippen LogP contribution in [0, 0.1) is 0 Å². The maximum Gasteiger partial charge on any atom is 0.333 e. The fourth-order valence-electron chi connectivity index (χ4n) is 2.99. The van der Waals surface area contributed by atoms with E-state index in [0.29, 0.717) is 16.9 Å². The third-order valence-corrected chi connectivity index (χ3v) is 5.52. The Bertz CT molecular complexity index is 757. The lowest BCUT2D eigenvalue weighted by atomic mass is 9.98. The maximum atomic E-state index is 12.6. The van der Waals surface area contributed by atoms with Crippen LogP contribution in [0.5, 0.6) is 0 Å². The van der Waals surface area contributed by atoms with Crippen LogP contribution < -0.4 is 5.32 Å². The van der Waals surface area contributed by atoms with Gasteiger partial charge in [-0.15, -0.1) is 11.8 Å². The molecule has 3 atom stereocenters. The highest BCUT2D eigenvalue weighted by Gasteiger charge is 2.56. The summed E-state index contributed by atoms with van der Waals surface area (Å²) < 4.78 is 5.44. The van der Waals surface area contributed by atoms with Gasteiger partial charge in [-0.2, -0.15) is 0 Å². The fourth-order valence-corrected chi connectivity index (χ4v) is 4.30. The molecule has 1 aromatic carbocycles. The molecule has 2 heterocycles. The summed E-state index contributed by atoms with van der Waals surface area (Å²) in [6.07, 6.45) is 0. The molecule has 1 aromatic rings. The number of thioether (sulfide) groups is 1. The van der Waals surface area contributed by atoms with Gasteiger partial charge in [0, 0.05) is 11.3 Å². The lowest BCUT2D eigenvalue weighted by molar-refractivity contribution is -0.169. The van der Waals surface area contributed by atoms with E-state index in [1.807, 2.05) is 6.07 Å². The number of rotatable bonds is 3. The molecule has 0 saturated carbocycles. The van der Waals surface area contributed by atoms with Crippen LogP contribution in [-0.4, -0.2) is 51.5 Å². The van der Waals surface area contributed by atoms with Gasteiger partial charge < -0.3 is 15.0 Å². The zero-order chi connectivity index (χ0) is 19.1. The van der Waals surface area contributed by atoms with Gasteiger partial charge in [0.15, 0.2) is 6.04 Å². The van der Waals surface area contributed by atoms with Crippen LogP contribution in [0.3, 0.4) is 0 Å². The highest BCUT2D eigenvalue weighted by Crippen LogP contribution is 2.40. The van der Waals surface area contributed by atoms with Gasteiger partial charge in [0.05, 0.1) is 0 Å². The molecule has 138 valence electrons. The third kappa shape index (κ3) is 3.49. The number of nitrogens with one attached hydrogen (secondary N) is 1. The summed E-state index contributed by atoms with van der Waals surface area (Å²) in [6.45, 7) is 9.27. The molecule has 0 bridgehead atoms. The van der Waals surface area contributed by atoms with E-state index in [1.54, 1.807) is 45.0 Å². The van der Waals surface area contributed by atoms with Crippen LogP contribution in [0.25, 0.3) is 0 Å². The van der Waals surface area contributed by atoms with Crippen molar-refractivity contribution in [2.45, 2.75) is 43.8 Å². The van der Waals surface area contributed by atoms with E-state index in [0.717, 1.165) is 0 Å². The summed E-state index contributed by atoms with van der Waals surface area (Å²) in [5.41, 5.74) is 0.487. The Kier molecular flexibility index (Phi) is 4.84. The maximum absolute atomic E-state index is 12.6. The van der Waals surface area contributed by atoms with Crippen molar-refractivity contribution in [2.24, 2.45) is 0 Å². The molecule has 0 aromatic heterocycles. The number of hydrogen-bond donors (Lipinski definition) is 1. The normalized spacial score (nSPS) is 25.2. The SMILES string of the molecule is C=C1CS[C@@H]2[C@H](NC(=O)c3ccccc3)C(=O)N2C1C(=O)OC(C)(C)C. The summed E-state index contributed by atoms with van der Waals surface area (Å²) in [5.74, 6) is -0.532. The Morgan fingerprint density at radius 3 is 2.54 bits per heavy atom. The number of amides is 2. The number of ether oxygens (including phenoxy) is 1. The summed E-state index contributed by atoms with van der Waals surface area (Å²) in [4.78, 5) is 39.0. The molecule has 1 unspecified atom stereocenters. The first kappa shape index (κ1) is 18.5. The summed E-state index contributed by atoms with van der Waals surface area (Å²) in [5, 5.41) is 2.48. The molecule has 7 heteroatoms. The van der Waals surface area contributed by atoms with Gasteiger partial charge in [0.25, 0.3) is 5.91 Å². The highest BCUT2D eigenvalue weighted by atomic mass is 32.2. The van der Waals surface area contributed by atoms with Crippen LogP contribution in [0.15, 0.2) is 42.5 Å². The average Bonchev–Trinajstić information content (AvgIpc) is 2.58. The van der Waals surface area contributed by atoms with Crippen molar-refractivity contribution >= 4 is 29.5 Å². The topological polar surface area (TPSA) is 75.7 Å². The van der Waals surface area contributed by atoms with E-state index in [9.17, 15) is 14.4 Å². The van der Waals surface area contributed by atoms with Crippen LogP contribution in [0.1, 0.15) is 31.1 Å². The standard InChI is InChI=1S/C19H22N2O4S/c1-11-10-26-17-13(20-15(22)12-8-6-5-7-9-12)16(23)21(17)14(11)18(24)25-19(2,3)4/h5-9,13-14,17H,1,10H2,2-4H3,(H,20,22)/t13-,14?,17-/m1/s1. The van der Waals surface area contributed by atoms with Crippen molar-refractivity contribution in [2.75, 3.05) is 5.75 Å². The van der Waals surface area contributed by atoms with Crippen molar-refractivity contribution in [3.63, 3.8) is 0 Å².